The summed E-state index contributed by atoms with van der Waals surface area (Å²) in [4.78, 5) is 22.3. The molecule has 1 saturated heterocycles. The number of carbonyl (C=O) groups is 2. The molecular weight excluding hydrogens is 165 g/mol. The van der Waals surface area contributed by atoms with Crippen molar-refractivity contribution in [2.75, 3.05) is 6.54 Å². The predicted molar refractivity (Wildman–Crippen MR) is 38.3 cm³/mol. The number of alkyl halides is 1. The monoisotopic (exact) mass is 175 g/mol. The fourth-order valence-corrected chi connectivity index (χ4v) is 1.40. The number of carboxylic acid groups (broad SMARTS) is 1. The minimum absolute atomic E-state index is 0.122. The Labute approximate surface area is 69.0 Å². The average molecular weight is 175 g/mol. The van der Waals surface area contributed by atoms with Gasteiger partial charge in [0.1, 0.15) is 6.17 Å². The lowest BCUT2D eigenvalue weighted by molar-refractivity contribution is -0.149. The zero-order valence-corrected chi connectivity index (χ0v) is 6.66. The number of carboxylic acids is 1. The lowest BCUT2D eigenvalue weighted by atomic mass is 10.2. The van der Waals surface area contributed by atoms with Crippen LogP contribution in [0, 0.1) is 0 Å². The molecular formula is C7H10FNO3. The molecule has 0 unspecified atom stereocenters. The summed E-state index contributed by atoms with van der Waals surface area (Å²) in [6, 6.07) is -1.28. The molecule has 12 heavy (non-hydrogen) atoms. The fourth-order valence-electron chi connectivity index (χ4n) is 1.40. The Balaban J connectivity index is 2.77. The van der Waals surface area contributed by atoms with Crippen LogP contribution in [0.4, 0.5) is 4.39 Å². The first-order chi connectivity index (χ1) is 5.54. The quantitative estimate of drug-likeness (QED) is 0.611. The van der Waals surface area contributed by atoms with Gasteiger partial charge < -0.3 is 10.0 Å². The van der Waals surface area contributed by atoms with Gasteiger partial charge in [0.2, 0.25) is 5.91 Å². The number of carbonyl (C=O) groups excluding carboxylic acids is 1. The Kier molecular flexibility index (Phi) is 2.30. The van der Waals surface area contributed by atoms with E-state index in [4.69, 9.17) is 5.11 Å². The molecule has 68 valence electrons. The summed E-state index contributed by atoms with van der Waals surface area (Å²) >= 11 is 0. The minimum Gasteiger partial charge on any atom is -0.480 e. The van der Waals surface area contributed by atoms with Crippen LogP contribution in [0.2, 0.25) is 0 Å². The summed E-state index contributed by atoms with van der Waals surface area (Å²) in [5.41, 5.74) is 0. The minimum atomic E-state index is -1.42. The molecule has 0 aromatic carbocycles. The van der Waals surface area contributed by atoms with E-state index in [1.807, 2.05) is 0 Å². The SMILES string of the molecule is CC(=O)N1CC[C@H](F)[C@H]1C(=O)O. The molecule has 2 atom stereocenters. The third-order valence-electron chi connectivity index (χ3n) is 1.98. The van der Waals surface area contributed by atoms with Crippen LogP contribution in [0.5, 0.6) is 0 Å². The molecule has 1 rings (SSSR count). The van der Waals surface area contributed by atoms with E-state index in [1.165, 1.54) is 6.92 Å². The number of hydrogen-bond donors (Lipinski definition) is 1. The number of likely N-dealkylation sites (tertiary alicyclic amines) is 1. The first-order valence-electron chi connectivity index (χ1n) is 3.68. The van der Waals surface area contributed by atoms with Crippen molar-refractivity contribution in [1.29, 1.82) is 0 Å². The van der Waals surface area contributed by atoms with Gasteiger partial charge in [-0.1, -0.05) is 0 Å². The molecule has 0 aromatic rings. The maximum Gasteiger partial charge on any atom is 0.329 e. The van der Waals surface area contributed by atoms with Gasteiger partial charge in [0, 0.05) is 13.5 Å². The summed E-state index contributed by atoms with van der Waals surface area (Å²) in [5.74, 6) is -1.65. The first kappa shape index (κ1) is 8.96. The zero-order chi connectivity index (χ0) is 9.30. The van der Waals surface area contributed by atoms with E-state index in [0.29, 0.717) is 0 Å². The molecule has 1 heterocycles. The van der Waals surface area contributed by atoms with Crippen molar-refractivity contribution in [3.8, 4) is 0 Å². The Hall–Kier alpha value is -1.13. The number of halogens is 1. The first-order valence-corrected chi connectivity index (χ1v) is 3.68. The number of aliphatic carboxylic acids is 1. The highest BCUT2D eigenvalue weighted by Gasteiger charge is 2.40. The van der Waals surface area contributed by atoms with E-state index in [1.54, 1.807) is 0 Å². The van der Waals surface area contributed by atoms with Crippen LogP contribution < -0.4 is 0 Å². The van der Waals surface area contributed by atoms with Gasteiger partial charge in [-0.25, -0.2) is 9.18 Å². The lowest BCUT2D eigenvalue weighted by Gasteiger charge is -2.19. The van der Waals surface area contributed by atoms with Gasteiger partial charge >= 0.3 is 5.97 Å². The molecule has 0 aliphatic carbocycles. The van der Waals surface area contributed by atoms with E-state index in [9.17, 15) is 14.0 Å². The van der Waals surface area contributed by atoms with E-state index < -0.39 is 18.2 Å². The molecule has 1 aliphatic rings. The second-order valence-corrected chi connectivity index (χ2v) is 2.80. The van der Waals surface area contributed by atoms with Crippen molar-refractivity contribution >= 4 is 11.9 Å². The molecule has 0 bridgehead atoms. The van der Waals surface area contributed by atoms with Crippen molar-refractivity contribution in [3.05, 3.63) is 0 Å². The Bertz CT molecular complexity index is 219. The van der Waals surface area contributed by atoms with Crippen molar-refractivity contribution in [2.45, 2.75) is 25.6 Å². The molecule has 0 spiro atoms. The fraction of sp³-hybridized carbons (Fsp3) is 0.714. The van der Waals surface area contributed by atoms with Gasteiger partial charge in [0.05, 0.1) is 0 Å². The molecule has 1 aliphatic heterocycles. The largest absolute Gasteiger partial charge is 0.480 e. The van der Waals surface area contributed by atoms with Gasteiger partial charge in [-0.05, 0) is 6.42 Å². The van der Waals surface area contributed by atoms with Crippen molar-refractivity contribution in [2.24, 2.45) is 0 Å². The smallest absolute Gasteiger partial charge is 0.329 e. The molecule has 1 N–H and O–H groups in total. The third-order valence-corrected chi connectivity index (χ3v) is 1.98. The summed E-state index contributed by atoms with van der Waals surface area (Å²) in [6.07, 6.45) is -1.30. The van der Waals surface area contributed by atoms with Crippen LogP contribution in [0.15, 0.2) is 0 Å². The number of amides is 1. The van der Waals surface area contributed by atoms with Gasteiger partial charge in [-0.2, -0.15) is 0 Å². The van der Waals surface area contributed by atoms with Gasteiger partial charge in [0.15, 0.2) is 6.04 Å². The van der Waals surface area contributed by atoms with Crippen LogP contribution in [0.1, 0.15) is 13.3 Å². The van der Waals surface area contributed by atoms with Crippen LogP contribution >= 0.6 is 0 Å². The highest BCUT2D eigenvalue weighted by molar-refractivity contribution is 5.83. The van der Waals surface area contributed by atoms with Gasteiger partial charge in [-0.3, -0.25) is 4.79 Å². The number of rotatable bonds is 1. The molecule has 0 saturated carbocycles. The second kappa shape index (κ2) is 3.08. The van der Waals surface area contributed by atoms with Gasteiger partial charge in [0.25, 0.3) is 0 Å². The predicted octanol–water partition coefficient (Wildman–Crippen LogP) is 0.0299. The molecule has 5 heteroatoms. The summed E-state index contributed by atoms with van der Waals surface area (Å²) in [5, 5.41) is 8.57. The van der Waals surface area contributed by atoms with E-state index in [0.717, 1.165) is 4.90 Å². The lowest BCUT2D eigenvalue weighted by Crippen LogP contribution is -2.42. The number of hydrogen-bond acceptors (Lipinski definition) is 2. The van der Waals surface area contributed by atoms with Crippen LogP contribution in [-0.2, 0) is 9.59 Å². The average Bonchev–Trinajstić information content (AvgIpc) is 2.30. The van der Waals surface area contributed by atoms with Crippen LogP contribution in [0.25, 0.3) is 0 Å². The standard InChI is InChI=1S/C7H10FNO3/c1-4(10)9-3-2-5(8)6(9)7(11)12/h5-6H,2-3H2,1H3,(H,11,12)/t5-,6-/m0/s1. The van der Waals surface area contributed by atoms with Crippen LogP contribution in [0.3, 0.4) is 0 Å². The van der Waals surface area contributed by atoms with Crippen molar-refractivity contribution in [3.63, 3.8) is 0 Å². The Morgan fingerprint density at radius 2 is 2.17 bits per heavy atom. The van der Waals surface area contributed by atoms with E-state index >= 15 is 0 Å². The maximum atomic E-state index is 12.9. The Morgan fingerprint density at radius 1 is 1.58 bits per heavy atom. The van der Waals surface area contributed by atoms with Crippen LogP contribution in [-0.4, -0.2) is 40.6 Å². The molecule has 1 fully saturated rings. The third kappa shape index (κ3) is 1.39. The summed E-state index contributed by atoms with van der Waals surface area (Å²) in [6.45, 7) is 1.45. The molecule has 4 nitrogen and oxygen atoms in total. The van der Waals surface area contributed by atoms with Gasteiger partial charge in [-0.15, -0.1) is 0 Å². The zero-order valence-electron chi connectivity index (χ0n) is 6.66. The normalized spacial score (nSPS) is 29.0. The highest BCUT2D eigenvalue weighted by atomic mass is 19.1. The number of nitrogens with zero attached hydrogens (tertiary/aromatic N) is 1. The highest BCUT2D eigenvalue weighted by Crippen LogP contribution is 2.20. The molecule has 0 aromatic heterocycles. The summed E-state index contributed by atoms with van der Waals surface area (Å²) < 4.78 is 12.9. The summed E-state index contributed by atoms with van der Waals surface area (Å²) in [7, 11) is 0. The topological polar surface area (TPSA) is 57.6 Å². The molecule has 1 amide bonds. The molecule has 0 radical (unpaired) electrons. The van der Waals surface area contributed by atoms with Crippen molar-refractivity contribution in [1.82, 2.24) is 4.90 Å². The van der Waals surface area contributed by atoms with E-state index in [2.05, 4.69) is 0 Å². The second-order valence-electron chi connectivity index (χ2n) is 2.80. The van der Waals surface area contributed by atoms with E-state index in [-0.39, 0.29) is 18.9 Å². The van der Waals surface area contributed by atoms with Crippen molar-refractivity contribution < 1.29 is 19.1 Å². The maximum absolute atomic E-state index is 12.9. The Morgan fingerprint density at radius 3 is 2.50 bits per heavy atom.